The summed E-state index contributed by atoms with van der Waals surface area (Å²) in [7, 11) is 0. The molecular weight excluding hydrogens is 311 g/mol. The summed E-state index contributed by atoms with van der Waals surface area (Å²) in [4.78, 5) is 15.9. The van der Waals surface area contributed by atoms with E-state index in [0.29, 0.717) is 11.4 Å². The fourth-order valence-electron chi connectivity index (χ4n) is 1.58. The minimum atomic E-state index is -0.393. The first kappa shape index (κ1) is 13.7. The number of halogens is 2. The van der Waals surface area contributed by atoms with Crippen molar-refractivity contribution in [3.05, 3.63) is 57.9 Å². The number of carbonyl (C=O) groups excluding carboxylic acids is 1. The number of amides is 1. The van der Waals surface area contributed by atoms with Crippen molar-refractivity contribution in [2.75, 3.05) is 5.32 Å². The van der Waals surface area contributed by atoms with Crippen LogP contribution in [0.2, 0.25) is 0 Å². The maximum Gasteiger partial charge on any atom is 0.230 e. The lowest BCUT2D eigenvalue weighted by Crippen LogP contribution is -2.16. The molecule has 2 rings (SSSR count). The lowest BCUT2D eigenvalue weighted by atomic mass is 10.1. The van der Waals surface area contributed by atoms with Crippen molar-refractivity contribution in [3.63, 3.8) is 0 Å². The van der Waals surface area contributed by atoms with Crippen molar-refractivity contribution in [2.24, 2.45) is 0 Å². The summed E-state index contributed by atoms with van der Waals surface area (Å²) in [5.74, 6) is -0.227. The number of carbonyl (C=O) groups is 1. The summed E-state index contributed by atoms with van der Waals surface area (Å²) in [5.41, 5.74) is 1.36. The Labute approximate surface area is 119 Å². The molecule has 0 spiro atoms. The van der Waals surface area contributed by atoms with Crippen molar-refractivity contribution in [2.45, 2.75) is 13.3 Å². The first-order valence-electron chi connectivity index (χ1n) is 5.71. The number of aromatic nitrogens is 1. The molecule has 98 valence electrons. The molecule has 0 unspecified atom stereocenters. The van der Waals surface area contributed by atoms with E-state index in [4.69, 9.17) is 0 Å². The van der Waals surface area contributed by atoms with E-state index in [9.17, 15) is 9.18 Å². The molecule has 0 saturated carbocycles. The lowest BCUT2D eigenvalue weighted by Gasteiger charge is -2.06. The molecular formula is C14H12BrFN2O. The van der Waals surface area contributed by atoms with Gasteiger partial charge in [-0.2, -0.15) is 0 Å². The van der Waals surface area contributed by atoms with Crippen LogP contribution < -0.4 is 5.32 Å². The van der Waals surface area contributed by atoms with E-state index in [1.165, 1.54) is 6.07 Å². The molecule has 1 N–H and O–H groups in total. The number of hydrogen-bond donors (Lipinski definition) is 1. The molecule has 0 aliphatic heterocycles. The van der Waals surface area contributed by atoms with E-state index in [1.807, 2.05) is 13.0 Å². The molecule has 19 heavy (non-hydrogen) atoms. The van der Waals surface area contributed by atoms with E-state index >= 15 is 0 Å². The van der Waals surface area contributed by atoms with Gasteiger partial charge in [-0.05, 0) is 42.3 Å². The summed E-state index contributed by atoms with van der Waals surface area (Å²) >= 11 is 3.25. The number of aryl methyl sites for hydroxylation is 1. The van der Waals surface area contributed by atoms with Gasteiger partial charge in [-0.25, -0.2) is 9.37 Å². The average Bonchev–Trinajstić information content (AvgIpc) is 2.37. The fraction of sp³-hybridized carbons (Fsp3) is 0.143. The summed E-state index contributed by atoms with van der Waals surface area (Å²) < 4.78 is 14.2. The van der Waals surface area contributed by atoms with Gasteiger partial charge in [0.25, 0.3) is 0 Å². The van der Waals surface area contributed by atoms with Crippen molar-refractivity contribution >= 4 is 27.7 Å². The Kier molecular flexibility index (Phi) is 4.27. The highest BCUT2D eigenvalue weighted by molar-refractivity contribution is 9.10. The summed E-state index contributed by atoms with van der Waals surface area (Å²) in [6.45, 7) is 1.91. The van der Waals surface area contributed by atoms with Crippen molar-refractivity contribution in [1.29, 1.82) is 0 Å². The van der Waals surface area contributed by atoms with Gasteiger partial charge >= 0.3 is 0 Å². The third-order valence-corrected chi connectivity index (χ3v) is 3.03. The van der Waals surface area contributed by atoms with Crippen LogP contribution in [0.4, 0.5) is 10.2 Å². The number of rotatable bonds is 3. The highest BCUT2D eigenvalue weighted by atomic mass is 79.9. The summed E-state index contributed by atoms with van der Waals surface area (Å²) in [5, 5.41) is 2.63. The lowest BCUT2D eigenvalue weighted by molar-refractivity contribution is -0.115. The molecule has 1 aromatic heterocycles. The summed E-state index contributed by atoms with van der Waals surface area (Å²) in [6.07, 6.45) is 1.64. The molecule has 0 aliphatic rings. The SMILES string of the molecule is Cc1ccc(NC(=O)Cc2cc(Br)ccc2F)nc1. The average molecular weight is 323 g/mol. The molecule has 0 saturated heterocycles. The predicted octanol–water partition coefficient (Wildman–Crippen LogP) is 3.47. The number of hydrogen-bond acceptors (Lipinski definition) is 2. The van der Waals surface area contributed by atoms with Gasteiger partial charge in [0.1, 0.15) is 11.6 Å². The Morgan fingerprint density at radius 3 is 2.84 bits per heavy atom. The summed E-state index contributed by atoms with van der Waals surface area (Å²) in [6, 6.07) is 8.08. The van der Waals surface area contributed by atoms with E-state index in [1.54, 1.807) is 24.4 Å². The minimum Gasteiger partial charge on any atom is -0.310 e. The smallest absolute Gasteiger partial charge is 0.230 e. The zero-order valence-corrected chi connectivity index (χ0v) is 11.9. The molecule has 3 nitrogen and oxygen atoms in total. The third kappa shape index (κ3) is 3.86. The maximum absolute atomic E-state index is 13.5. The van der Waals surface area contributed by atoms with Crippen molar-refractivity contribution in [1.82, 2.24) is 4.98 Å². The number of nitrogens with zero attached hydrogens (tertiary/aromatic N) is 1. The zero-order chi connectivity index (χ0) is 13.8. The maximum atomic E-state index is 13.5. The molecule has 0 radical (unpaired) electrons. The Morgan fingerprint density at radius 1 is 1.37 bits per heavy atom. The van der Waals surface area contributed by atoms with Crippen molar-refractivity contribution < 1.29 is 9.18 Å². The molecule has 0 bridgehead atoms. The van der Waals surface area contributed by atoms with Gasteiger partial charge < -0.3 is 5.32 Å². The minimum absolute atomic E-state index is 0.0270. The predicted molar refractivity (Wildman–Crippen MR) is 75.4 cm³/mol. The number of anilines is 1. The number of nitrogens with one attached hydrogen (secondary N) is 1. The second kappa shape index (κ2) is 5.93. The molecule has 1 heterocycles. The fourth-order valence-corrected chi connectivity index (χ4v) is 1.99. The monoisotopic (exact) mass is 322 g/mol. The molecule has 0 fully saturated rings. The van der Waals surface area contributed by atoms with Crippen LogP contribution in [0.25, 0.3) is 0 Å². The van der Waals surface area contributed by atoms with Crippen LogP contribution >= 0.6 is 15.9 Å². The van der Waals surface area contributed by atoms with Crippen molar-refractivity contribution in [3.8, 4) is 0 Å². The second-order valence-corrected chi connectivity index (χ2v) is 5.10. The molecule has 1 aromatic carbocycles. The Balaban J connectivity index is 2.05. The van der Waals surface area contributed by atoms with Crippen LogP contribution in [-0.2, 0) is 11.2 Å². The molecule has 5 heteroatoms. The van der Waals surface area contributed by atoms with Gasteiger partial charge in [0.05, 0.1) is 6.42 Å². The van der Waals surface area contributed by atoms with E-state index < -0.39 is 5.82 Å². The largest absolute Gasteiger partial charge is 0.310 e. The first-order valence-corrected chi connectivity index (χ1v) is 6.50. The highest BCUT2D eigenvalue weighted by Crippen LogP contribution is 2.16. The Bertz CT molecular complexity index is 599. The third-order valence-electron chi connectivity index (χ3n) is 2.54. The van der Waals surface area contributed by atoms with Crippen LogP contribution in [0.5, 0.6) is 0 Å². The van der Waals surface area contributed by atoms with E-state index in [-0.39, 0.29) is 12.3 Å². The molecule has 0 atom stereocenters. The number of benzene rings is 1. The topological polar surface area (TPSA) is 42.0 Å². The second-order valence-electron chi connectivity index (χ2n) is 4.18. The Hall–Kier alpha value is -1.75. The molecule has 1 amide bonds. The van der Waals surface area contributed by atoms with Crippen LogP contribution in [-0.4, -0.2) is 10.9 Å². The van der Waals surface area contributed by atoms with Crippen LogP contribution in [0.3, 0.4) is 0 Å². The van der Waals surface area contributed by atoms with Crippen LogP contribution in [0, 0.1) is 12.7 Å². The molecule has 0 aliphatic carbocycles. The Morgan fingerprint density at radius 2 is 2.16 bits per heavy atom. The van der Waals surface area contributed by atoms with E-state index in [0.717, 1.165) is 10.0 Å². The molecule has 2 aromatic rings. The first-order chi connectivity index (χ1) is 9.04. The highest BCUT2D eigenvalue weighted by Gasteiger charge is 2.09. The zero-order valence-electron chi connectivity index (χ0n) is 10.3. The van der Waals surface area contributed by atoms with Gasteiger partial charge in [-0.1, -0.05) is 22.0 Å². The van der Waals surface area contributed by atoms with Gasteiger partial charge in [0.15, 0.2) is 0 Å². The normalized spacial score (nSPS) is 10.3. The van der Waals surface area contributed by atoms with Gasteiger partial charge in [0.2, 0.25) is 5.91 Å². The standard InChI is InChI=1S/C14H12BrFN2O/c1-9-2-5-13(17-8-9)18-14(19)7-10-6-11(15)3-4-12(10)16/h2-6,8H,7H2,1H3,(H,17,18,19). The number of pyridine rings is 1. The quantitative estimate of drug-likeness (QED) is 0.940. The van der Waals surface area contributed by atoms with Gasteiger partial charge in [0, 0.05) is 10.7 Å². The van der Waals surface area contributed by atoms with Gasteiger partial charge in [-0.3, -0.25) is 4.79 Å². The van der Waals surface area contributed by atoms with Crippen LogP contribution in [0.15, 0.2) is 41.0 Å². The van der Waals surface area contributed by atoms with Gasteiger partial charge in [-0.15, -0.1) is 0 Å². The van der Waals surface area contributed by atoms with Crippen LogP contribution in [0.1, 0.15) is 11.1 Å². The van der Waals surface area contributed by atoms with E-state index in [2.05, 4.69) is 26.2 Å².